The number of alkyl halides is 2. The molecule has 0 fully saturated rings. The van der Waals surface area contributed by atoms with Crippen molar-refractivity contribution in [3.8, 4) is 5.75 Å². The van der Waals surface area contributed by atoms with Crippen LogP contribution < -0.4 is 10.5 Å². The first kappa shape index (κ1) is 11.9. The molecule has 0 saturated heterocycles. The molecule has 0 radical (unpaired) electrons. The number of halogens is 3. The molecule has 0 aromatic heterocycles. The van der Waals surface area contributed by atoms with E-state index in [4.69, 9.17) is 15.9 Å². The average molecular weight is 279 g/mol. The molecule has 1 aromatic rings. The van der Waals surface area contributed by atoms with Gasteiger partial charge in [-0.2, -0.15) is 0 Å². The van der Waals surface area contributed by atoms with Crippen LogP contribution in [0.4, 0.5) is 8.78 Å². The number of rotatable bonds is 4. The van der Waals surface area contributed by atoms with Gasteiger partial charge in [0.1, 0.15) is 18.2 Å². The summed E-state index contributed by atoms with van der Waals surface area (Å²) < 4.78 is 29.0. The predicted molar refractivity (Wildman–Crippen MR) is 56.7 cm³/mol. The van der Waals surface area contributed by atoms with Crippen molar-refractivity contribution < 1.29 is 13.5 Å². The summed E-state index contributed by atoms with van der Waals surface area (Å²) in [5.74, 6) is 0.217. The Morgan fingerprint density at radius 1 is 1.53 bits per heavy atom. The van der Waals surface area contributed by atoms with Gasteiger partial charge >= 0.3 is 0 Å². The third-order valence-electron chi connectivity index (χ3n) is 1.61. The van der Waals surface area contributed by atoms with Gasteiger partial charge in [-0.1, -0.05) is 0 Å². The van der Waals surface area contributed by atoms with Gasteiger partial charge in [0.2, 0.25) is 0 Å². The summed E-state index contributed by atoms with van der Waals surface area (Å²) in [7, 11) is 0. The number of benzene rings is 1. The molecule has 0 amide bonds. The van der Waals surface area contributed by atoms with Gasteiger partial charge in [-0.3, -0.25) is 5.41 Å². The average Bonchev–Trinajstić information content (AvgIpc) is 2.14. The van der Waals surface area contributed by atoms with Gasteiger partial charge in [0.25, 0.3) is 6.43 Å². The number of nitrogens with one attached hydrogen (secondary N) is 1. The van der Waals surface area contributed by atoms with Gasteiger partial charge in [0.05, 0.1) is 0 Å². The van der Waals surface area contributed by atoms with E-state index in [-0.39, 0.29) is 5.84 Å². The first-order valence-corrected chi connectivity index (χ1v) is 4.85. The molecule has 0 heterocycles. The van der Waals surface area contributed by atoms with Gasteiger partial charge in [-0.15, -0.1) is 0 Å². The second kappa shape index (κ2) is 5.06. The fourth-order valence-corrected chi connectivity index (χ4v) is 1.53. The number of amidine groups is 1. The minimum atomic E-state index is -2.50. The zero-order valence-corrected chi connectivity index (χ0v) is 9.22. The van der Waals surface area contributed by atoms with Gasteiger partial charge in [0.15, 0.2) is 0 Å². The standard InChI is InChI=1S/C9H9BrF2N2O/c10-7-3-5(15-4-8(11)12)1-2-6(7)9(13)14/h1-3,8H,4H2,(H3,13,14). The van der Waals surface area contributed by atoms with Crippen molar-refractivity contribution in [2.45, 2.75) is 6.43 Å². The van der Waals surface area contributed by atoms with Crippen molar-refractivity contribution in [1.29, 1.82) is 5.41 Å². The number of nitrogen functional groups attached to an aromatic ring is 1. The highest BCUT2D eigenvalue weighted by atomic mass is 79.9. The fourth-order valence-electron chi connectivity index (χ4n) is 0.963. The quantitative estimate of drug-likeness (QED) is 0.656. The lowest BCUT2D eigenvalue weighted by atomic mass is 10.2. The zero-order chi connectivity index (χ0) is 11.4. The highest BCUT2D eigenvalue weighted by Crippen LogP contribution is 2.23. The van der Waals surface area contributed by atoms with Crippen LogP contribution in [0.25, 0.3) is 0 Å². The van der Waals surface area contributed by atoms with Crippen molar-refractivity contribution in [3.05, 3.63) is 28.2 Å². The molecular weight excluding hydrogens is 270 g/mol. The van der Waals surface area contributed by atoms with Crippen molar-refractivity contribution in [2.24, 2.45) is 5.73 Å². The Balaban J connectivity index is 2.78. The van der Waals surface area contributed by atoms with E-state index >= 15 is 0 Å². The van der Waals surface area contributed by atoms with E-state index in [9.17, 15) is 8.78 Å². The van der Waals surface area contributed by atoms with Crippen LogP contribution in [-0.4, -0.2) is 18.9 Å². The maximum Gasteiger partial charge on any atom is 0.272 e. The summed E-state index contributed by atoms with van der Waals surface area (Å²) in [5, 5.41) is 7.20. The molecule has 6 heteroatoms. The van der Waals surface area contributed by atoms with Crippen molar-refractivity contribution in [2.75, 3.05) is 6.61 Å². The van der Waals surface area contributed by atoms with E-state index in [2.05, 4.69) is 15.9 Å². The minimum absolute atomic E-state index is 0.0951. The Morgan fingerprint density at radius 3 is 2.67 bits per heavy atom. The predicted octanol–water partition coefficient (Wildman–Crippen LogP) is 2.38. The second-order valence-corrected chi connectivity index (χ2v) is 3.61. The number of hydrogen-bond acceptors (Lipinski definition) is 2. The molecule has 82 valence electrons. The highest BCUT2D eigenvalue weighted by molar-refractivity contribution is 9.10. The Morgan fingerprint density at radius 2 is 2.20 bits per heavy atom. The van der Waals surface area contributed by atoms with Crippen molar-refractivity contribution in [1.82, 2.24) is 0 Å². The molecule has 0 aliphatic rings. The van der Waals surface area contributed by atoms with Gasteiger partial charge in [0, 0.05) is 10.0 Å². The van der Waals surface area contributed by atoms with Crippen LogP contribution in [0.1, 0.15) is 5.56 Å². The molecule has 0 atom stereocenters. The second-order valence-electron chi connectivity index (χ2n) is 2.76. The first-order valence-electron chi connectivity index (χ1n) is 4.05. The Labute approximate surface area is 93.9 Å². The largest absolute Gasteiger partial charge is 0.488 e. The molecule has 0 aliphatic carbocycles. The summed E-state index contributed by atoms with van der Waals surface area (Å²) in [4.78, 5) is 0. The van der Waals surface area contributed by atoms with Crippen LogP contribution in [0.2, 0.25) is 0 Å². The fraction of sp³-hybridized carbons (Fsp3) is 0.222. The molecule has 1 aromatic carbocycles. The molecule has 1 rings (SSSR count). The summed E-state index contributed by atoms with van der Waals surface area (Å²) in [6.45, 7) is -0.647. The summed E-state index contributed by atoms with van der Waals surface area (Å²) >= 11 is 3.17. The van der Waals surface area contributed by atoms with Crippen molar-refractivity contribution >= 4 is 21.8 Å². The van der Waals surface area contributed by atoms with E-state index < -0.39 is 13.0 Å². The van der Waals surface area contributed by atoms with E-state index in [0.29, 0.717) is 15.8 Å². The third-order valence-corrected chi connectivity index (χ3v) is 2.26. The number of hydrogen-bond donors (Lipinski definition) is 2. The summed E-state index contributed by atoms with van der Waals surface area (Å²) in [6, 6.07) is 4.52. The maximum atomic E-state index is 11.8. The van der Waals surface area contributed by atoms with E-state index in [1.807, 2.05) is 0 Å². The van der Waals surface area contributed by atoms with Gasteiger partial charge < -0.3 is 10.5 Å². The van der Waals surface area contributed by atoms with Crippen LogP contribution in [0.5, 0.6) is 5.75 Å². The molecule has 0 bridgehead atoms. The monoisotopic (exact) mass is 278 g/mol. The summed E-state index contributed by atoms with van der Waals surface area (Å²) in [6.07, 6.45) is -2.50. The topological polar surface area (TPSA) is 59.1 Å². The van der Waals surface area contributed by atoms with Crippen LogP contribution >= 0.6 is 15.9 Å². The number of nitrogens with two attached hydrogens (primary N) is 1. The molecule has 0 aliphatic heterocycles. The Hall–Kier alpha value is -1.17. The molecular formula is C9H9BrF2N2O. The smallest absolute Gasteiger partial charge is 0.272 e. The Kier molecular flexibility index (Phi) is 4.02. The van der Waals surface area contributed by atoms with Gasteiger partial charge in [-0.05, 0) is 34.1 Å². The SMILES string of the molecule is N=C(N)c1ccc(OCC(F)F)cc1Br. The summed E-state index contributed by atoms with van der Waals surface area (Å²) in [5.41, 5.74) is 5.78. The lowest BCUT2D eigenvalue weighted by Crippen LogP contribution is -2.12. The van der Waals surface area contributed by atoms with Crippen LogP contribution in [0, 0.1) is 5.41 Å². The molecule has 0 saturated carbocycles. The molecule has 0 spiro atoms. The highest BCUT2D eigenvalue weighted by Gasteiger charge is 2.07. The van der Waals surface area contributed by atoms with E-state index in [1.54, 1.807) is 0 Å². The third kappa shape index (κ3) is 3.47. The lowest BCUT2D eigenvalue weighted by molar-refractivity contribution is 0.0819. The molecule has 3 N–H and O–H groups in total. The Bertz CT molecular complexity index is 371. The maximum absolute atomic E-state index is 11.8. The molecule has 0 unspecified atom stereocenters. The van der Waals surface area contributed by atoms with E-state index in [0.717, 1.165) is 0 Å². The van der Waals surface area contributed by atoms with Crippen LogP contribution in [0.15, 0.2) is 22.7 Å². The number of ether oxygens (including phenoxy) is 1. The van der Waals surface area contributed by atoms with Crippen LogP contribution in [-0.2, 0) is 0 Å². The zero-order valence-electron chi connectivity index (χ0n) is 7.64. The van der Waals surface area contributed by atoms with E-state index in [1.165, 1.54) is 18.2 Å². The minimum Gasteiger partial charge on any atom is -0.488 e. The van der Waals surface area contributed by atoms with Crippen molar-refractivity contribution in [3.63, 3.8) is 0 Å². The normalized spacial score (nSPS) is 10.4. The van der Waals surface area contributed by atoms with Crippen LogP contribution in [0.3, 0.4) is 0 Å². The molecule has 3 nitrogen and oxygen atoms in total. The first-order chi connectivity index (χ1) is 7.00. The van der Waals surface area contributed by atoms with Gasteiger partial charge in [-0.25, -0.2) is 8.78 Å². The molecule has 15 heavy (non-hydrogen) atoms. The lowest BCUT2D eigenvalue weighted by Gasteiger charge is -2.07.